The summed E-state index contributed by atoms with van der Waals surface area (Å²) in [4.78, 5) is 6.64. The van der Waals surface area contributed by atoms with E-state index in [1.54, 1.807) is 13.8 Å². The molecule has 0 bridgehead atoms. The van der Waals surface area contributed by atoms with Crippen LogP contribution in [0.1, 0.15) is 34.1 Å². The van der Waals surface area contributed by atoms with E-state index in [1.165, 1.54) is 0 Å². The van der Waals surface area contributed by atoms with Gasteiger partial charge in [-0.2, -0.15) is 0 Å². The number of hydrogen-bond donors (Lipinski definition) is 1. The van der Waals surface area contributed by atoms with Gasteiger partial charge in [-0.1, -0.05) is 13.8 Å². The zero-order chi connectivity index (χ0) is 18.9. The second-order valence-electron chi connectivity index (χ2n) is 8.21. The number of rotatable bonds is 4. The Labute approximate surface area is 152 Å². The van der Waals surface area contributed by atoms with Gasteiger partial charge in [-0.3, -0.25) is 4.99 Å². The highest BCUT2D eigenvalue weighted by Crippen LogP contribution is 2.24. The van der Waals surface area contributed by atoms with Crippen LogP contribution in [-0.4, -0.2) is 75.9 Å². The lowest BCUT2D eigenvalue weighted by Gasteiger charge is -2.39. The molecule has 1 atom stereocenters. The molecule has 0 aliphatic carbocycles. The molecule has 2 saturated heterocycles. The van der Waals surface area contributed by atoms with Crippen molar-refractivity contribution in [2.45, 2.75) is 38.9 Å². The van der Waals surface area contributed by atoms with Crippen LogP contribution >= 0.6 is 0 Å². The minimum Gasteiger partial charge on any atom is -0.356 e. The molecule has 9 heteroatoms. The summed E-state index contributed by atoms with van der Waals surface area (Å²) in [6.45, 7) is 9.66. The van der Waals surface area contributed by atoms with Gasteiger partial charge in [0.15, 0.2) is 25.6 Å². The smallest absolute Gasteiger partial charge is 0.194 e. The Morgan fingerprint density at radius 3 is 2.44 bits per heavy atom. The van der Waals surface area contributed by atoms with Crippen molar-refractivity contribution in [2.24, 2.45) is 16.8 Å². The Morgan fingerprint density at radius 2 is 1.92 bits per heavy atom. The number of sulfone groups is 2. The molecule has 2 heterocycles. The van der Waals surface area contributed by atoms with Gasteiger partial charge in [-0.05, 0) is 32.1 Å². The van der Waals surface area contributed by atoms with E-state index >= 15 is 0 Å². The normalized spacial score (nSPS) is 28.3. The van der Waals surface area contributed by atoms with Gasteiger partial charge in [0, 0.05) is 26.2 Å². The average Bonchev–Trinajstić information content (AvgIpc) is 2.81. The average molecular weight is 394 g/mol. The lowest BCUT2D eigenvalue weighted by atomic mass is 10.1. The first kappa shape index (κ1) is 20.5. The maximum atomic E-state index is 12.2. The third-order valence-electron chi connectivity index (χ3n) is 4.82. The summed E-state index contributed by atoms with van der Waals surface area (Å²) in [5, 5.41) is 3.31. The maximum absolute atomic E-state index is 12.2. The molecule has 0 aromatic heterocycles. The van der Waals surface area contributed by atoms with E-state index in [4.69, 9.17) is 0 Å². The Kier molecular flexibility index (Phi) is 6.08. The van der Waals surface area contributed by atoms with Crippen LogP contribution in [-0.2, 0) is 19.7 Å². The summed E-state index contributed by atoms with van der Waals surface area (Å²) >= 11 is 0. The highest BCUT2D eigenvalue weighted by Gasteiger charge is 2.41. The molecule has 1 N–H and O–H groups in total. The van der Waals surface area contributed by atoms with E-state index in [9.17, 15) is 16.8 Å². The van der Waals surface area contributed by atoms with Gasteiger partial charge in [0.05, 0.1) is 22.0 Å². The first-order valence-corrected chi connectivity index (χ1v) is 12.4. The number of hydrogen-bond acceptors (Lipinski definition) is 5. The molecule has 0 spiro atoms. The van der Waals surface area contributed by atoms with Crippen molar-refractivity contribution in [3.8, 4) is 0 Å². The quantitative estimate of drug-likeness (QED) is 0.553. The Balaban J connectivity index is 2.07. The van der Waals surface area contributed by atoms with E-state index in [0.717, 1.165) is 0 Å². The van der Waals surface area contributed by atoms with E-state index in [2.05, 4.69) is 24.2 Å². The van der Waals surface area contributed by atoms with Crippen LogP contribution in [0.25, 0.3) is 0 Å². The fourth-order valence-corrected chi connectivity index (χ4v) is 6.36. The van der Waals surface area contributed by atoms with Crippen LogP contribution in [0.5, 0.6) is 0 Å². The maximum Gasteiger partial charge on any atom is 0.194 e. The van der Waals surface area contributed by atoms with Crippen molar-refractivity contribution in [2.75, 3.05) is 43.4 Å². The highest BCUT2D eigenvalue weighted by molar-refractivity contribution is 7.92. The molecular formula is C16H31N3O4S2. The van der Waals surface area contributed by atoms with E-state index < -0.39 is 24.4 Å². The number of guanidine groups is 1. The molecule has 0 amide bonds. The van der Waals surface area contributed by atoms with Crippen molar-refractivity contribution in [1.82, 2.24) is 10.2 Å². The van der Waals surface area contributed by atoms with Crippen molar-refractivity contribution in [3.63, 3.8) is 0 Å². The van der Waals surface area contributed by atoms with Crippen LogP contribution < -0.4 is 5.32 Å². The summed E-state index contributed by atoms with van der Waals surface area (Å²) in [5.74, 6) is 1.77. The summed E-state index contributed by atoms with van der Waals surface area (Å²) in [6, 6.07) is 0. The molecule has 146 valence electrons. The molecule has 2 fully saturated rings. The van der Waals surface area contributed by atoms with Gasteiger partial charge in [0.2, 0.25) is 0 Å². The van der Waals surface area contributed by atoms with Crippen LogP contribution in [0.4, 0.5) is 0 Å². The fourth-order valence-electron chi connectivity index (χ4n) is 3.13. The third-order valence-corrected chi connectivity index (χ3v) is 9.19. The number of aliphatic imine (C=N–C) groups is 1. The molecule has 7 nitrogen and oxygen atoms in total. The lowest BCUT2D eigenvalue weighted by molar-refractivity contribution is 0.349. The van der Waals surface area contributed by atoms with Crippen molar-refractivity contribution in [3.05, 3.63) is 0 Å². The van der Waals surface area contributed by atoms with E-state index in [-0.39, 0.29) is 23.2 Å². The van der Waals surface area contributed by atoms with Crippen LogP contribution in [0, 0.1) is 11.8 Å². The van der Waals surface area contributed by atoms with E-state index in [1.807, 2.05) is 4.90 Å². The predicted octanol–water partition coefficient (Wildman–Crippen LogP) is 0.532. The standard InChI is InChI=1S/C16H31N3O4S2/c1-13(2)9-17-15(18-10-14-5-7-24(20,21)11-14)19-6-8-25(22,23)16(3,4)12-19/h13-14H,5-12H2,1-4H3,(H,17,18). The summed E-state index contributed by atoms with van der Waals surface area (Å²) in [6.07, 6.45) is 0.673. The van der Waals surface area contributed by atoms with Crippen LogP contribution in [0.3, 0.4) is 0 Å². The Morgan fingerprint density at radius 1 is 1.24 bits per heavy atom. The lowest BCUT2D eigenvalue weighted by Crippen LogP contribution is -2.57. The predicted molar refractivity (Wildman–Crippen MR) is 101 cm³/mol. The third kappa shape index (κ3) is 5.32. The molecule has 25 heavy (non-hydrogen) atoms. The molecule has 2 rings (SSSR count). The molecular weight excluding hydrogens is 362 g/mol. The van der Waals surface area contributed by atoms with Crippen molar-refractivity contribution in [1.29, 1.82) is 0 Å². The van der Waals surface area contributed by atoms with Crippen LogP contribution in [0.2, 0.25) is 0 Å². The summed E-state index contributed by atoms with van der Waals surface area (Å²) < 4.78 is 46.9. The molecule has 2 aliphatic rings. The van der Waals surface area contributed by atoms with Crippen molar-refractivity contribution >= 4 is 25.6 Å². The molecule has 0 radical (unpaired) electrons. The van der Waals surface area contributed by atoms with Gasteiger partial charge >= 0.3 is 0 Å². The first-order valence-electron chi connectivity index (χ1n) is 8.88. The van der Waals surface area contributed by atoms with E-state index in [0.29, 0.717) is 44.5 Å². The summed E-state index contributed by atoms with van der Waals surface area (Å²) in [5.41, 5.74) is 0. The second kappa shape index (κ2) is 7.42. The Hall–Kier alpha value is -0.830. The minimum atomic E-state index is -3.11. The molecule has 0 aromatic rings. The number of nitrogens with one attached hydrogen (secondary N) is 1. The summed E-state index contributed by atoms with van der Waals surface area (Å²) in [7, 11) is -6.01. The zero-order valence-corrected chi connectivity index (χ0v) is 17.3. The largest absolute Gasteiger partial charge is 0.356 e. The van der Waals surface area contributed by atoms with Crippen molar-refractivity contribution < 1.29 is 16.8 Å². The molecule has 0 aromatic carbocycles. The molecule has 0 saturated carbocycles. The molecule has 2 aliphatic heterocycles. The SMILES string of the molecule is CC(C)CN=C(NCC1CCS(=O)(=O)C1)N1CCS(=O)(=O)C(C)(C)C1. The van der Waals surface area contributed by atoms with Gasteiger partial charge in [-0.15, -0.1) is 0 Å². The van der Waals surface area contributed by atoms with Gasteiger partial charge in [-0.25, -0.2) is 16.8 Å². The monoisotopic (exact) mass is 393 g/mol. The van der Waals surface area contributed by atoms with Crippen LogP contribution in [0.15, 0.2) is 4.99 Å². The highest BCUT2D eigenvalue weighted by atomic mass is 32.2. The number of nitrogens with zero attached hydrogens (tertiary/aromatic N) is 2. The molecule has 1 unspecified atom stereocenters. The Bertz CT molecular complexity index is 712. The zero-order valence-electron chi connectivity index (χ0n) is 15.7. The van der Waals surface area contributed by atoms with Gasteiger partial charge in [0.1, 0.15) is 0 Å². The first-order chi connectivity index (χ1) is 11.4. The fraction of sp³-hybridized carbons (Fsp3) is 0.938. The second-order valence-corrected chi connectivity index (χ2v) is 13.2. The topological polar surface area (TPSA) is 95.9 Å². The minimum absolute atomic E-state index is 0.0933. The van der Waals surface area contributed by atoms with Gasteiger partial charge in [0.25, 0.3) is 0 Å². The van der Waals surface area contributed by atoms with Gasteiger partial charge < -0.3 is 10.2 Å².